The van der Waals surface area contributed by atoms with Crippen molar-refractivity contribution in [2.75, 3.05) is 0 Å². The van der Waals surface area contributed by atoms with Gasteiger partial charge in [0.05, 0.1) is 12.7 Å². The van der Waals surface area contributed by atoms with E-state index >= 15 is 0 Å². The molecular formula is C15H24O3Si. The summed E-state index contributed by atoms with van der Waals surface area (Å²) in [6, 6.07) is 8.76. The van der Waals surface area contributed by atoms with Crippen molar-refractivity contribution >= 4 is 10.2 Å². The molecular weight excluding hydrogens is 256 g/mol. The molecule has 4 heteroatoms. The van der Waals surface area contributed by atoms with Crippen LogP contribution in [0.25, 0.3) is 0 Å². The molecule has 1 aromatic carbocycles. The maximum atomic E-state index is 10.2. The second-order valence-corrected chi connectivity index (χ2v) is 6.43. The van der Waals surface area contributed by atoms with Crippen LogP contribution in [0.4, 0.5) is 0 Å². The summed E-state index contributed by atoms with van der Waals surface area (Å²) in [5, 5.41) is 19.2. The van der Waals surface area contributed by atoms with Crippen molar-refractivity contribution in [2.24, 2.45) is 5.92 Å². The minimum Gasteiger partial charge on any atom is -0.487 e. The van der Waals surface area contributed by atoms with Crippen molar-refractivity contribution in [3.05, 3.63) is 29.8 Å². The lowest BCUT2D eigenvalue weighted by molar-refractivity contribution is -0.0296. The summed E-state index contributed by atoms with van der Waals surface area (Å²) in [5.74, 6) is 1.28. The molecule has 1 saturated carbocycles. The van der Waals surface area contributed by atoms with Gasteiger partial charge in [-0.1, -0.05) is 24.6 Å². The highest BCUT2D eigenvalue weighted by Crippen LogP contribution is 2.31. The number of aliphatic hydroxyl groups is 2. The van der Waals surface area contributed by atoms with Crippen LogP contribution in [0.5, 0.6) is 5.75 Å². The lowest BCUT2D eigenvalue weighted by Crippen LogP contribution is -2.41. The minimum absolute atomic E-state index is 0.0510. The molecule has 1 fully saturated rings. The standard InChI is InChI=1S/C15H24O3Si/c16-10-11-4-6-13(7-5-11)18-15-12(8-9-19)2-1-3-14(15)17/h4-7,12,14-17H,1-3,8-10H2,19H3. The molecule has 2 rings (SSSR count). The average molecular weight is 280 g/mol. The van der Waals surface area contributed by atoms with Crippen LogP contribution < -0.4 is 4.74 Å². The Hall–Kier alpha value is -0.843. The Morgan fingerprint density at radius 3 is 2.58 bits per heavy atom. The predicted octanol–water partition coefficient (Wildman–Crippen LogP) is 1.26. The third-order valence-corrected chi connectivity index (χ3v) is 4.53. The quantitative estimate of drug-likeness (QED) is 0.799. The van der Waals surface area contributed by atoms with Crippen LogP contribution in [-0.2, 0) is 6.61 Å². The molecule has 0 aromatic heterocycles. The second kappa shape index (κ2) is 7.08. The molecule has 0 heterocycles. The van der Waals surface area contributed by atoms with E-state index in [9.17, 15) is 5.11 Å². The smallest absolute Gasteiger partial charge is 0.127 e. The van der Waals surface area contributed by atoms with Gasteiger partial charge < -0.3 is 14.9 Å². The third kappa shape index (κ3) is 3.81. The SMILES string of the molecule is OCc1ccc(OC2C(O)CCCC2CC[SiH3])cc1. The number of hydrogen-bond acceptors (Lipinski definition) is 3. The number of benzene rings is 1. The molecule has 0 radical (unpaired) electrons. The van der Waals surface area contributed by atoms with E-state index in [-0.39, 0.29) is 18.8 Å². The summed E-state index contributed by atoms with van der Waals surface area (Å²) in [5.41, 5.74) is 0.882. The van der Waals surface area contributed by atoms with E-state index < -0.39 is 0 Å². The summed E-state index contributed by atoms with van der Waals surface area (Å²) >= 11 is 0. The highest BCUT2D eigenvalue weighted by molar-refractivity contribution is 6.08. The predicted molar refractivity (Wildman–Crippen MR) is 79.5 cm³/mol. The topological polar surface area (TPSA) is 49.7 Å². The zero-order chi connectivity index (χ0) is 13.7. The number of hydrogen-bond donors (Lipinski definition) is 2. The van der Waals surface area contributed by atoms with Crippen LogP contribution in [0.3, 0.4) is 0 Å². The summed E-state index contributed by atoms with van der Waals surface area (Å²) < 4.78 is 6.02. The summed E-state index contributed by atoms with van der Waals surface area (Å²) in [7, 11) is 1.21. The van der Waals surface area contributed by atoms with Crippen LogP contribution >= 0.6 is 0 Å². The van der Waals surface area contributed by atoms with Gasteiger partial charge in [0.25, 0.3) is 0 Å². The van der Waals surface area contributed by atoms with Crippen molar-refractivity contribution in [1.29, 1.82) is 0 Å². The Morgan fingerprint density at radius 2 is 1.95 bits per heavy atom. The van der Waals surface area contributed by atoms with Gasteiger partial charge in [0, 0.05) is 10.2 Å². The van der Waals surface area contributed by atoms with Gasteiger partial charge in [-0.15, -0.1) is 0 Å². The van der Waals surface area contributed by atoms with Crippen molar-refractivity contribution in [3.63, 3.8) is 0 Å². The Bertz CT molecular complexity index is 377. The number of aliphatic hydroxyl groups excluding tert-OH is 2. The number of ether oxygens (including phenoxy) is 1. The fourth-order valence-electron chi connectivity index (χ4n) is 2.92. The molecule has 19 heavy (non-hydrogen) atoms. The fourth-order valence-corrected chi connectivity index (χ4v) is 3.66. The first-order chi connectivity index (χ1) is 9.24. The van der Waals surface area contributed by atoms with E-state index in [1.165, 1.54) is 29.1 Å². The molecule has 2 N–H and O–H groups in total. The van der Waals surface area contributed by atoms with E-state index in [1.807, 2.05) is 24.3 Å². The van der Waals surface area contributed by atoms with Crippen LogP contribution in [0.1, 0.15) is 31.2 Å². The van der Waals surface area contributed by atoms with Crippen LogP contribution in [-0.4, -0.2) is 32.7 Å². The van der Waals surface area contributed by atoms with Crippen LogP contribution in [0, 0.1) is 5.92 Å². The fraction of sp³-hybridized carbons (Fsp3) is 0.600. The summed E-state index contributed by atoms with van der Waals surface area (Å²) in [6.45, 7) is 0.0510. The van der Waals surface area contributed by atoms with Crippen molar-refractivity contribution < 1.29 is 14.9 Å². The van der Waals surface area contributed by atoms with Gasteiger partial charge in [-0.05, 0) is 42.9 Å². The van der Waals surface area contributed by atoms with E-state index in [2.05, 4.69) is 0 Å². The first kappa shape index (κ1) is 14.6. The van der Waals surface area contributed by atoms with E-state index in [0.717, 1.165) is 24.2 Å². The van der Waals surface area contributed by atoms with Gasteiger partial charge in [-0.25, -0.2) is 0 Å². The molecule has 106 valence electrons. The van der Waals surface area contributed by atoms with Gasteiger partial charge in [0.1, 0.15) is 11.9 Å². The van der Waals surface area contributed by atoms with Gasteiger partial charge in [0.15, 0.2) is 0 Å². The molecule has 3 nitrogen and oxygen atoms in total. The minimum atomic E-state index is -0.343. The Balaban J connectivity index is 2.04. The largest absolute Gasteiger partial charge is 0.487 e. The molecule has 3 atom stereocenters. The van der Waals surface area contributed by atoms with Gasteiger partial charge in [-0.3, -0.25) is 0 Å². The van der Waals surface area contributed by atoms with Crippen molar-refractivity contribution in [2.45, 2.75) is 50.5 Å². The zero-order valence-corrected chi connectivity index (χ0v) is 13.6. The highest BCUT2D eigenvalue weighted by Gasteiger charge is 2.33. The third-order valence-electron chi connectivity index (χ3n) is 3.96. The molecule has 0 spiro atoms. The van der Waals surface area contributed by atoms with Crippen LogP contribution in [0.15, 0.2) is 24.3 Å². The molecule has 0 saturated heterocycles. The highest BCUT2D eigenvalue weighted by atomic mass is 28.1. The molecule has 0 amide bonds. The maximum Gasteiger partial charge on any atom is 0.127 e. The Morgan fingerprint density at radius 1 is 1.21 bits per heavy atom. The lowest BCUT2D eigenvalue weighted by atomic mass is 9.82. The molecule has 0 bridgehead atoms. The Kier molecular flexibility index (Phi) is 5.42. The Labute approximate surface area is 118 Å². The zero-order valence-electron chi connectivity index (χ0n) is 11.6. The lowest BCUT2D eigenvalue weighted by Gasteiger charge is -2.35. The van der Waals surface area contributed by atoms with Gasteiger partial charge in [-0.2, -0.15) is 0 Å². The van der Waals surface area contributed by atoms with Gasteiger partial charge >= 0.3 is 0 Å². The summed E-state index contributed by atoms with van der Waals surface area (Å²) in [6.07, 6.45) is 3.88. The number of rotatable bonds is 5. The molecule has 1 aromatic rings. The van der Waals surface area contributed by atoms with Crippen molar-refractivity contribution in [1.82, 2.24) is 0 Å². The van der Waals surface area contributed by atoms with E-state index in [1.54, 1.807) is 0 Å². The maximum absolute atomic E-state index is 10.2. The van der Waals surface area contributed by atoms with Gasteiger partial charge in [0.2, 0.25) is 0 Å². The molecule has 1 aliphatic rings. The molecule has 1 aliphatic carbocycles. The van der Waals surface area contributed by atoms with E-state index in [0.29, 0.717) is 5.92 Å². The monoisotopic (exact) mass is 280 g/mol. The normalized spacial score (nSPS) is 27.4. The van der Waals surface area contributed by atoms with Crippen molar-refractivity contribution in [3.8, 4) is 5.75 Å². The first-order valence-electron chi connectivity index (χ1n) is 7.29. The molecule has 3 unspecified atom stereocenters. The van der Waals surface area contributed by atoms with E-state index in [4.69, 9.17) is 9.84 Å². The first-order valence-corrected chi connectivity index (χ1v) is 8.70. The van der Waals surface area contributed by atoms with Crippen LogP contribution in [0.2, 0.25) is 6.04 Å². The second-order valence-electron chi connectivity index (χ2n) is 5.43. The summed E-state index contributed by atoms with van der Waals surface area (Å²) in [4.78, 5) is 0. The average Bonchev–Trinajstić information content (AvgIpc) is 2.44. The molecule has 0 aliphatic heterocycles.